The van der Waals surface area contributed by atoms with Gasteiger partial charge in [-0.3, -0.25) is 4.79 Å². The molecule has 1 aliphatic carbocycles. The van der Waals surface area contributed by atoms with Crippen LogP contribution in [0.4, 0.5) is 0 Å². The van der Waals surface area contributed by atoms with Gasteiger partial charge in [0.05, 0.1) is 12.2 Å². The highest BCUT2D eigenvalue weighted by molar-refractivity contribution is 5.88. The van der Waals surface area contributed by atoms with Crippen molar-refractivity contribution in [3.05, 3.63) is 101 Å². The van der Waals surface area contributed by atoms with E-state index in [1.807, 2.05) is 66.7 Å². The van der Waals surface area contributed by atoms with Crippen molar-refractivity contribution in [2.24, 2.45) is 0 Å². The van der Waals surface area contributed by atoms with Crippen molar-refractivity contribution in [1.82, 2.24) is 4.90 Å². The maximum Gasteiger partial charge on any atom is 0.326 e. The van der Waals surface area contributed by atoms with Gasteiger partial charge in [0, 0.05) is 18.5 Å². The van der Waals surface area contributed by atoms with Gasteiger partial charge < -0.3 is 24.6 Å². The summed E-state index contributed by atoms with van der Waals surface area (Å²) in [6, 6.07) is 23.5. The van der Waals surface area contributed by atoms with Crippen LogP contribution in [0.15, 0.2) is 78.9 Å². The molecular formula is C29H29NO6. The lowest BCUT2D eigenvalue weighted by Gasteiger charge is -2.39. The Kier molecular flexibility index (Phi) is 7.02. The van der Waals surface area contributed by atoms with Crippen LogP contribution < -0.4 is 4.74 Å². The Hall–Kier alpha value is -3.68. The van der Waals surface area contributed by atoms with E-state index in [2.05, 4.69) is 0 Å². The topological polar surface area (TPSA) is 96.3 Å². The number of aliphatic carboxylic acids is 1. The summed E-state index contributed by atoms with van der Waals surface area (Å²) < 4.78 is 12.2. The van der Waals surface area contributed by atoms with Gasteiger partial charge in [0.25, 0.3) is 5.91 Å². The van der Waals surface area contributed by atoms with Crippen molar-refractivity contribution in [3.63, 3.8) is 0 Å². The molecule has 1 amide bonds. The summed E-state index contributed by atoms with van der Waals surface area (Å²) in [6.07, 6.45) is -0.541. The molecule has 0 radical (unpaired) electrons. The van der Waals surface area contributed by atoms with E-state index < -0.39 is 30.1 Å². The monoisotopic (exact) mass is 487 g/mol. The second-order valence-electron chi connectivity index (χ2n) is 9.37. The number of fused-ring (bicyclic) bond motifs is 1. The van der Waals surface area contributed by atoms with E-state index >= 15 is 0 Å². The van der Waals surface area contributed by atoms with Crippen LogP contribution in [0.5, 0.6) is 5.75 Å². The van der Waals surface area contributed by atoms with Crippen LogP contribution in [0.3, 0.4) is 0 Å². The second kappa shape index (κ2) is 10.5. The molecule has 0 spiro atoms. The fraction of sp³-hybridized carbons (Fsp3) is 0.310. The Morgan fingerprint density at radius 1 is 0.944 bits per heavy atom. The number of hydrogen-bond donors (Lipinski definition) is 2. The number of aliphatic hydroxyl groups excluding tert-OH is 1. The molecule has 3 aromatic carbocycles. The summed E-state index contributed by atoms with van der Waals surface area (Å²) in [5.41, 5.74) is 3.35. The number of ether oxygens (including phenoxy) is 2. The number of hydrogen-bond acceptors (Lipinski definition) is 5. The quantitative estimate of drug-likeness (QED) is 0.501. The zero-order valence-electron chi connectivity index (χ0n) is 19.8. The van der Waals surface area contributed by atoms with E-state index in [9.17, 15) is 19.8 Å². The lowest BCUT2D eigenvalue weighted by Crippen LogP contribution is -2.51. The fourth-order valence-electron chi connectivity index (χ4n) is 4.81. The summed E-state index contributed by atoms with van der Waals surface area (Å²) in [5.74, 6) is -0.831. The Labute approximate surface area is 209 Å². The summed E-state index contributed by atoms with van der Waals surface area (Å²) in [4.78, 5) is 27.6. The molecule has 5 rings (SSSR count). The first kappa shape index (κ1) is 24.0. The van der Waals surface area contributed by atoms with Gasteiger partial charge in [0.15, 0.2) is 6.10 Å². The van der Waals surface area contributed by atoms with Gasteiger partial charge in [-0.1, -0.05) is 72.8 Å². The number of rotatable bonds is 8. The maximum absolute atomic E-state index is 13.8. The third kappa shape index (κ3) is 5.12. The molecule has 0 unspecified atom stereocenters. The summed E-state index contributed by atoms with van der Waals surface area (Å²) >= 11 is 0. The standard InChI is InChI=1S/C29H29NO6/c31-22-14-23(15-22)36-27(20-10-5-2-6-11-20)28(32)30-17-21-12-7-13-26(24(21)16-25(30)29(33)34)35-18-19-8-3-1-4-9-19/h1-13,22-23,25,27,31H,14-18H2,(H,33,34)/t22?,23?,25-,27-/m1/s1. The van der Waals surface area contributed by atoms with Crippen LogP contribution >= 0.6 is 0 Å². The molecule has 2 atom stereocenters. The molecule has 1 fully saturated rings. The average Bonchev–Trinajstić information content (AvgIpc) is 2.89. The zero-order valence-corrected chi connectivity index (χ0v) is 19.8. The first-order valence-corrected chi connectivity index (χ1v) is 12.2. The van der Waals surface area contributed by atoms with Crippen molar-refractivity contribution < 1.29 is 29.3 Å². The summed E-state index contributed by atoms with van der Waals surface area (Å²) in [7, 11) is 0. The highest BCUT2D eigenvalue weighted by Crippen LogP contribution is 2.36. The lowest BCUT2D eigenvalue weighted by atomic mass is 9.90. The van der Waals surface area contributed by atoms with Crippen LogP contribution in [0.1, 0.15) is 41.2 Å². The Balaban J connectivity index is 1.40. The predicted octanol–water partition coefficient (Wildman–Crippen LogP) is 3.88. The van der Waals surface area contributed by atoms with E-state index in [0.29, 0.717) is 30.8 Å². The third-order valence-corrected chi connectivity index (χ3v) is 6.87. The number of carbonyl (C=O) groups excluding carboxylic acids is 1. The number of benzene rings is 3. The molecule has 2 N–H and O–H groups in total. The molecule has 186 valence electrons. The van der Waals surface area contributed by atoms with E-state index in [1.165, 1.54) is 4.90 Å². The number of aliphatic hydroxyl groups is 1. The molecule has 3 aromatic rings. The minimum atomic E-state index is -1.07. The SMILES string of the molecule is O=C(O)[C@H]1Cc2c(cccc2OCc2ccccc2)CN1C(=O)[C@H](OC1CC(O)C1)c1ccccc1. The van der Waals surface area contributed by atoms with E-state index in [4.69, 9.17) is 9.47 Å². The van der Waals surface area contributed by atoms with E-state index in [-0.39, 0.29) is 19.1 Å². The largest absolute Gasteiger partial charge is 0.489 e. The molecule has 7 nitrogen and oxygen atoms in total. The Morgan fingerprint density at radius 3 is 2.31 bits per heavy atom. The Bertz CT molecular complexity index is 1210. The number of carbonyl (C=O) groups is 2. The van der Waals surface area contributed by atoms with E-state index in [1.54, 1.807) is 12.1 Å². The molecule has 0 saturated heterocycles. The maximum atomic E-state index is 13.8. The molecule has 0 aromatic heterocycles. The summed E-state index contributed by atoms with van der Waals surface area (Å²) in [5, 5.41) is 19.8. The first-order valence-electron chi connectivity index (χ1n) is 12.2. The third-order valence-electron chi connectivity index (χ3n) is 6.87. The second-order valence-corrected chi connectivity index (χ2v) is 9.37. The normalized spacial score (nSPS) is 21.7. The smallest absolute Gasteiger partial charge is 0.326 e. The molecule has 1 saturated carbocycles. The highest BCUT2D eigenvalue weighted by atomic mass is 16.5. The number of nitrogens with zero attached hydrogens (tertiary/aromatic N) is 1. The predicted molar refractivity (Wildman–Crippen MR) is 132 cm³/mol. The van der Waals surface area contributed by atoms with Crippen molar-refractivity contribution in [3.8, 4) is 5.75 Å². The van der Waals surface area contributed by atoms with Gasteiger partial charge in [0.1, 0.15) is 18.4 Å². The number of carboxylic acid groups (broad SMARTS) is 1. The van der Waals surface area contributed by atoms with Crippen LogP contribution in [0, 0.1) is 0 Å². The summed E-state index contributed by atoms with van der Waals surface area (Å²) in [6.45, 7) is 0.516. The van der Waals surface area contributed by atoms with E-state index in [0.717, 1.165) is 16.7 Å². The molecule has 1 heterocycles. The van der Waals surface area contributed by atoms with Crippen LogP contribution in [0.25, 0.3) is 0 Å². The molecule has 36 heavy (non-hydrogen) atoms. The first-order chi connectivity index (χ1) is 17.5. The molecular weight excluding hydrogens is 458 g/mol. The van der Waals surface area contributed by atoms with Crippen LogP contribution in [-0.4, -0.2) is 45.2 Å². The fourth-order valence-corrected chi connectivity index (χ4v) is 4.81. The van der Waals surface area contributed by atoms with Crippen molar-refractivity contribution in [1.29, 1.82) is 0 Å². The highest BCUT2D eigenvalue weighted by Gasteiger charge is 2.41. The number of amides is 1. The molecule has 7 heteroatoms. The van der Waals surface area contributed by atoms with Gasteiger partial charge in [-0.15, -0.1) is 0 Å². The van der Waals surface area contributed by atoms with Gasteiger partial charge in [0.2, 0.25) is 0 Å². The van der Waals surface area contributed by atoms with Crippen molar-refractivity contribution in [2.75, 3.05) is 0 Å². The van der Waals surface area contributed by atoms with Gasteiger partial charge in [-0.25, -0.2) is 4.79 Å². The number of carboxylic acids is 1. The lowest BCUT2D eigenvalue weighted by molar-refractivity contribution is -0.167. The average molecular weight is 488 g/mol. The molecule has 2 aliphatic rings. The van der Waals surface area contributed by atoms with Crippen molar-refractivity contribution in [2.45, 2.75) is 56.8 Å². The van der Waals surface area contributed by atoms with Gasteiger partial charge >= 0.3 is 5.97 Å². The Morgan fingerprint density at radius 2 is 1.64 bits per heavy atom. The van der Waals surface area contributed by atoms with Gasteiger partial charge in [-0.2, -0.15) is 0 Å². The van der Waals surface area contributed by atoms with Crippen LogP contribution in [-0.2, 0) is 33.9 Å². The van der Waals surface area contributed by atoms with Crippen molar-refractivity contribution >= 4 is 11.9 Å². The minimum Gasteiger partial charge on any atom is -0.489 e. The molecule has 1 aliphatic heterocycles. The van der Waals surface area contributed by atoms with Gasteiger partial charge in [-0.05, 0) is 35.6 Å². The van der Waals surface area contributed by atoms with Crippen LogP contribution in [0.2, 0.25) is 0 Å². The zero-order chi connectivity index (χ0) is 25.1. The minimum absolute atomic E-state index is 0.144. The molecule has 0 bridgehead atoms.